The second-order valence-corrected chi connectivity index (χ2v) is 10.8. The minimum absolute atomic E-state index is 0.0365. The predicted molar refractivity (Wildman–Crippen MR) is 122 cm³/mol. The van der Waals surface area contributed by atoms with Crippen LogP contribution >= 0.6 is 0 Å². The molecule has 5 atom stereocenters. The van der Waals surface area contributed by atoms with Gasteiger partial charge in [-0.05, 0) is 104 Å². The molecule has 0 aliphatic heterocycles. The number of aliphatic hydroxyl groups is 1. The molecule has 2 saturated carbocycles. The van der Waals surface area contributed by atoms with E-state index < -0.39 is 5.60 Å². The van der Waals surface area contributed by atoms with E-state index in [1.54, 1.807) is 5.57 Å². The van der Waals surface area contributed by atoms with Gasteiger partial charge in [0, 0.05) is 19.8 Å². The van der Waals surface area contributed by atoms with Gasteiger partial charge in [-0.1, -0.05) is 24.6 Å². The van der Waals surface area contributed by atoms with Gasteiger partial charge in [0.05, 0.1) is 11.5 Å². The molecule has 0 heterocycles. The number of nitrogens with zero attached hydrogens (tertiary/aromatic N) is 1. The van der Waals surface area contributed by atoms with Gasteiger partial charge in [-0.25, -0.2) is 0 Å². The third-order valence-corrected chi connectivity index (χ3v) is 9.22. The smallest absolute Gasteiger partial charge is 0.163 e. The van der Waals surface area contributed by atoms with Crippen LogP contribution in [-0.4, -0.2) is 30.6 Å². The van der Waals surface area contributed by atoms with Crippen molar-refractivity contribution in [3.05, 3.63) is 52.6 Å². The molecule has 1 aromatic carbocycles. The summed E-state index contributed by atoms with van der Waals surface area (Å²) in [6.45, 7) is 4.39. The van der Waals surface area contributed by atoms with E-state index in [1.165, 1.54) is 11.1 Å². The minimum Gasteiger partial charge on any atom is -0.390 e. The fourth-order valence-electron chi connectivity index (χ4n) is 7.07. The van der Waals surface area contributed by atoms with Crippen molar-refractivity contribution in [3.8, 4) is 0 Å². The molecule has 0 radical (unpaired) electrons. The molecule has 5 rings (SSSR count). The standard InChI is InChI=1S/C27H35NO2/c1-26-13-11-20-21(24(26)12-14-27(26,2)30)10-7-18-15-25(29)23(16-22(18)20)17-5-8-19(9-6-17)28(3)4/h5-6,8-9,15,21,23-24,30H,7,10-14,16H2,1-4H3/t21-,23?,24+,26+,27?/m1/s1. The molecule has 3 nitrogen and oxygen atoms in total. The Hall–Kier alpha value is -1.87. The number of hydrogen-bond donors (Lipinski definition) is 1. The topological polar surface area (TPSA) is 40.5 Å². The maximum Gasteiger partial charge on any atom is 0.163 e. The van der Waals surface area contributed by atoms with E-state index in [1.807, 2.05) is 20.2 Å². The van der Waals surface area contributed by atoms with E-state index >= 15 is 0 Å². The predicted octanol–water partition coefficient (Wildman–Crippen LogP) is 5.40. The zero-order valence-corrected chi connectivity index (χ0v) is 18.9. The molecule has 4 aliphatic carbocycles. The average molecular weight is 406 g/mol. The number of anilines is 1. The lowest BCUT2D eigenvalue weighted by Gasteiger charge is -2.51. The van der Waals surface area contributed by atoms with E-state index in [2.05, 4.69) is 43.0 Å². The Labute approximate surface area is 180 Å². The van der Waals surface area contributed by atoms with E-state index in [0.29, 0.717) is 11.8 Å². The zero-order chi connectivity index (χ0) is 21.3. The Bertz CT molecular complexity index is 936. The Balaban J connectivity index is 1.49. The summed E-state index contributed by atoms with van der Waals surface area (Å²) in [5.41, 5.74) is 6.22. The van der Waals surface area contributed by atoms with Crippen LogP contribution in [0.3, 0.4) is 0 Å². The highest BCUT2D eigenvalue weighted by Gasteiger charge is 2.58. The SMILES string of the molecule is CN(C)c1ccc(C2CC3=C4CC[C@@]5(C)[C@@H](CCC5(C)O)[C@@H]4CCC3=CC2=O)cc1. The number of benzene rings is 1. The Kier molecular flexibility index (Phi) is 4.56. The van der Waals surface area contributed by atoms with Crippen LogP contribution in [0.15, 0.2) is 47.1 Å². The lowest BCUT2D eigenvalue weighted by Crippen LogP contribution is -2.48. The number of fused-ring (bicyclic) bond motifs is 4. The first-order valence-corrected chi connectivity index (χ1v) is 11.7. The van der Waals surface area contributed by atoms with Gasteiger partial charge >= 0.3 is 0 Å². The number of allylic oxidation sites excluding steroid dienone is 4. The van der Waals surface area contributed by atoms with Gasteiger partial charge < -0.3 is 10.0 Å². The summed E-state index contributed by atoms with van der Waals surface area (Å²) in [5, 5.41) is 11.1. The quantitative estimate of drug-likeness (QED) is 0.716. The first-order valence-electron chi connectivity index (χ1n) is 11.7. The van der Waals surface area contributed by atoms with Crippen LogP contribution in [0.1, 0.15) is 70.3 Å². The molecule has 3 heteroatoms. The molecule has 4 aliphatic rings. The number of hydrogen-bond acceptors (Lipinski definition) is 3. The van der Waals surface area contributed by atoms with Gasteiger partial charge in [0.2, 0.25) is 0 Å². The Morgan fingerprint density at radius 3 is 2.47 bits per heavy atom. The van der Waals surface area contributed by atoms with Crippen molar-refractivity contribution in [2.75, 3.05) is 19.0 Å². The molecule has 2 fully saturated rings. The monoisotopic (exact) mass is 405 g/mol. The van der Waals surface area contributed by atoms with E-state index in [-0.39, 0.29) is 17.1 Å². The molecule has 30 heavy (non-hydrogen) atoms. The van der Waals surface area contributed by atoms with Gasteiger partial charge in [-0.15, -0.1) is 0 Å². The molecular formula is C27H35NO2. The summed E-state index contributed by atoms with van der Waals surface area (Å²) < 4.78 is 0. The lowest BCUT2D eigenvalue weighted by atomic mass is 9.55. The van der Waals surface area contributed by atoms with E-state index in [9.17, 15) is 9.90 Å². The van der Waals surface area contributed by atoms with Gasteiger partial charge in [0.1, 0.15) is 0 Å². The average Bonchev–Trinajstić information content (AvgIpc) is 2.96. The van der Waals surface area contributed by atoms with Crippen LogP contribution < -0.4 is 4.90 Å². The summed E-state index contributed by atoms with van der Waals surface area (Å²) in [5.74, 6) is 1.40. The molecule has 0 aromatic heterocycles. The van der Waals surface area contributed by atoms with Gasteiger partial charge in [0.15, 0.2) is 5.78 Å². The highest BCUT2D eigenvalue weighted by molar-refractivity contribution is 5.98. The first kappa shape index (κ1) is 20.1. The normalized spacial score (nSPS) is 38.0. The third-order valence-electron chi connectivity index (χ3n) is 9.22. The fraction of sp³-hybridized carbons (Fsp3) is 0.593. The summed E-state index contributed by atoms with van der Waals surface area (Å²) in [4.78, 5) is 15.1. The zero-order valence-electron chi connectivity index (χ0n) is 18.9. The van der Waals surface area contributed by atoms with E-state index in [0.717, 1.165) is 56.2 Å². The molecule has 2 unspecified atom stereocenters. The van der Waals surface area contributed by atoms with Crippen molar-refractivity contribution in [2.24, 2.45) is 17.3 Å². The fourth-order valence-corrected chi connectivity index (χ4v) is 7.07. The van der Waals surface area contributed by atoms with Crippen LogP contribution in [0, 0.1) is 17.3 Å². The molecule has 0 saturated heterocycles. The molecule has 160 valence electrons. The van der Waals surface area contributed by atoms with Gasteiger partial charge in [-0.2, -0.15) is 0 Å². The van der Waals surface area contributed by atoms with Crippen molar-refractivity contribution < 1.29 is 9.90 Å². The number of carbonyl (C=O) groups is 1. The van der Waals surface area contributed by atoms with Crippen molar-refractivity contribution >= 4 is 11.5 Å². The second kappa shape index (κ2) is 6.82. The van der Waals surface area contributed by atoms with Crippen LogP contribution in [0.4, 0.5) is 5.69 Å². The second-order valence-electron chi connectivity index (χ2n) is 10.8. The number of rotatable bonds is 2. The lowest BCUT2D eigenvalue weighted by molar-refractivity contribution is -0.116. The van der Waals surface area contributed by atoms with Crippen molar-refractivity contribution in [1.82, 2.24) is 0 Å². The minimum atomic E-state index is -0.538. The highest BCUT2D eigenvalue weighted by Crippen LogP contribution is 2.63. The number of carbonyl (C=O) groups excluding carboxylic acids is 1. The maximum atomic E-state index is 13.0. The number of ketones is 1. The van der Waals surface area contributed by atoms with E-state index in [4.69, 9.17) is 0 Å². The molecule has 0 spiro atoms. The van der Waals surface area contributed by atoms with Crippen LogP contribution in [0.2, 0.25) is 0 Å². The van der Waals surface area contributed by atoms with Crippen LogP contribution in [0.5, 0.6) is 0 Å². The molecular weight excluding hydrogens is 370 g/mol. The molecule has 1 aromatic rings. The van der Waals surface area contributed by atoms with Crippen molar-refractivity contribution in [3.63, 3.8) is 0 Å². The first-order chi connectivity index (χ1) is 14.2. The summed E-state index contributed by atoms with van der Waals surface area (Å²) in [7, 11) is 4.09. The van der Waals surface area contributed by atoms with Gasteiger partial charge in [-0.3, -0.25) is 4.79 Å². The highest BCUT2D eigenvalue weighted by atomic mass is 16.3. The van der Waals surface area contributed by atoms with Crippen molar-refractivity contribution in [1.29, 1.82) is 0 Å². The van der Waals surface area contributed by atoms with Gasteiger partial charge in [0.25, 0.3) is 0 Å². The maximum absolute atomic E-state index is 13.0. The Morgan fingerprint density at radius 2 is 1.77 bits per heavy atom. The molecule has 0 bridgehead atoms. The summed E-state index contributed by atoms with van der Waals surface area (Å²) >= 11 is 0. The molecule has 0 amide bonds. The van der Waals surface area contributed by atoms with Crippen LogP contribution in [-0.2, 0) is 4.79 Å². The third kappa shape index (κ3) is 2.85. The van der Waals surface area contributed by atoms with Crippen LogP contribution in [0.25, 0.3) is 0 Å². The largest absolute Gasteiger partial charge is 0.390 e. The Morgan fingerprint density at radius 1 is 1.03 bits per heavy atom. The summed E-state index contributed by atoms with van der Waals surface area (Å²) in [6.07, 6.45) is 9.22. The van der Waals surface area contributed by atoms with Crippen molar-refractivity contribution in [2.45, 2.75) is 70.3 Å². The molecule has 1 N–H and O–H groups in total. The summed E-state index contributed by atoms with van der Waals surface area (Å²) in [6, 6.07) is 8.51.